The lowest BCUT2D eigenvalue weighted by molar-refractivity contribution is -0.116. The molecule has 0 radical (unpaired) electrons. The van der Waals surface area contributed by atoms with Crippen molar-refractivity contribution in [1.82, 2.24) is 0 Å². The lowest BCUT2D eigenvalue weighted by Gasteiger charge is -2.53. The lowest BCUT2D eigenvalue weighted by Crippen LogP contribution is -2.46. The van der Waals surface area contributed by atoms with Gasteiger partial charge in [-0.15, -0.1) is 0 Å². The maximum atomic E-state index is 11.7. The first kappa shape index (κ1) is 13.1. The molecule has 0 saturated heterocycles. The highest BCUT2D eigenvalue weighted by Crippen LogP contribution is 2.63. The average molecular weight is 272 g/mol. The molecule has 3 saturated carbocycles. The second kappa shape index (κ2) is 4.45. The summed E-state index contributed by atoms with van der Waals surface area (Å²) in [6.07, 6.45) is 12.4. The van der Waals surface area contributed by atoms with Crippen molar-refractivity contribution in [3.63, 3.8) is 0 Å². The first-order valence-corrected chi connectivity index (χ1v) is 8.82. The highest BCUT2D eigenvalue weighted by atomic mass is 16.1. The molecule has 0 spiro atoms. The van der Waals surface area contributed by atoms with E-state index in [1.165, 1.54) is 44.1 Å². The number of allylic oxidation sites excluding steroid dienone is 1. The molecule has 110 valence electrons. The monoisotopic (exact) mass is 272 g/mol. The molecule has 1 heteroatoms. The smallest absolute Gasteiger partial charge is 0.155 e. The van der Waals surface area contributed by atoms with E-state index in [2.05, 4.69) is 13.8 Å². The van der Waals surface area contributed by atoms with E-state index >= 15 is 0 Å². The second-order valence-electron chi connectivity index (χ2n) is 8.43. The van der Waals surface area contributed by atoms with Crippen LogP contribution in [0, 0.1) is 35.0 Å². The average Bonchev–Trinajstić information content (AvgIpc) is 2.74. The fourth-order valence-corrected chi connectivity index (χ4v) is 6.64. The van der Waals surface area contributed by atoms with E-state index in [1.54, 1.807) is 0 Å². The Kier molecular flexibility index (Phi) is 2.91. The Hall–Kier alpha value is -0.590. The Morgan fingerprint density at radius 2 is 1.85 bits per heavy atom. The minimum atomic E-state index is 0.393. The molecule has 0 aromatic carbocycles. The third-order valence-electron chi connectivity index (χ3n) is 7.46. The fraction of sp³-hybridized carbons (Fsp3) is 0.842. The van der Waals surface area contributed by atoms with Gasteiger partial charge in [-0.1, -0.05) is 19.4 Å². The predicted octanol–water partition coefficient (Wildman–Crippen LogP) is 4.76. The van der Waals surface area contributed by atoms with E-state index in [9.17, 15) is 4.79 Å². The SMILES string of the molecule is CC1CC[C@@]2(C)CC[C@H]3[C@@H](CCC4=CC(=O)CC[C@@H]43)[C@H]12. The number of ketones is 1. The zero-order valence-electron chi connectivity index (χ0n) is 13.0. The van der Waals surface area contributed by atoms with Gasteiger partial charge in [-0.25, -0.2) is 0 Å². The van der Waals surface area contributed by atoms with Crippen molar-refractivity contribution < 1.29 is 4.79 Å². The third kappa shape index (κ3) is 1.77. The summed E-state index contributed by atoms with van der Waals surface area (Å²) in [4.78, 5) is 11.7. The molecule has 6 atom stereocenters. The van der Waals surface area contributed by atoms with Gasteiger partial charge in [-0.2, -0.15) is 0 Å². The zero-order chi connectivity index (χ0) is 13.9. The van der Waals surface area contributed by atoms with Crippen LogP contribution in [0.4, 0.5) is 0 Å². The Morgan fingerprint density at radius 3 is 2.70 bits per heavy atom. The van der Waals surface area contributed by atoms with E-state index in [1.807, 2.05) is 6.08 Å². The summed E-state index contributed by atoms with van der Waals surface area (Å²) >= 11 is 0. The van der Waals surface area contributed by atoms with Crippen LogP contribution < -0.4 is 0 Å². The number of hydrogen-bond donors (Lipinski definition) is 0. The number of fused-ring (bicyclic) bond motifs is 5. The Labute approximate surface area is 123 Å². The molecular weight excluding hydrogens is 244 g/mol. The molecular formula is C19H28O. The Morgan fingerprint density at radius 1 is 1.05 bits per heavy atom. The van der Waals surface area contributed by atoms with E-state index < -0.39 is 0 Å². The first-order valence-electron chi connectivity index (χ1n) is 8.82. The van der Waals surface area contributed by atoms with Gasteiger partial charge in [0.1, 0.15) is 0 Å². The van der Waals surface area contributed by atoms with E-state index in [0.717, 1.165) is 42.4 Å². The molecule has 0 aromatic rings. The summed E-state index contributed by atoms with van der Waals surface area (Å²) in [5.74, 6) is 4.93. The highest BCUT2D eigenvalue weighted by molar-refractivity contribution is 5.91. The highest BCUT2D eigenvalue weighted by Gasteiger charge is 2.54. The second-order valence-corrected chi connectivity index (χ2v) is 8.43. The maximum absolute atomic E-state index is 11.7. The normalized spacial score (nSPS) is 51.0. The fourth-order valence-electron chi connectivity index (χ4n) is 6.64. The van der Waals surface area contributed by atoms with E-state index in [4.69, 9.17) is 0 Å². The van der Waals surface area contributed by atoms with Crippen LogP contribution in [0.25, 0.3) is 0 Å². The standard InChI is InChI=1S/C19H28O/c1-12-7-9-19(2)10-8-16-15-6-4-14(20)11-13(15)3-5-17(16)18(12)19/h11-12,15-18H,3-10H2,1-2H3/t12?,15-,16+,17+,18-,19-/m0/s1. The van der Waals surface area contributed by atoms with Crippen molar-refractivity contribution in [2.75, 3.05) is 0 Å². The van der Waals surface area contributed by atoms with Crippen LogP contribution in [0.1, 0.15) is 65.2 Å². The van der Waals surface area contributed by atoms with Crippen LogP contribution in [0.2, 0.25) is 0 Å². The number of carbonyl (C=O) groups is 1. The van der Waals surface area contributed by atoms with Crippen LogP contribution in [-0.4, -0.2) is 5.78 Å². The van der Waals surface area contributed by atoms with Crippen molar-refractivity contribution in [2.45, 2.75) is 65.2 Å². The van der Waals surface area contributed by atoms with Crippen molar-refractivity contribution >= 4 is 5.78 Å². The molecule has 0 aromatic heterocycles. The van der Waals surface area contributed by atoms with Crippen LogP contribution in [0.5, 0.6) is 0 Å². The van der Waals surface area contributed by atoms with Gasteiger partial charge in [0.05, 0.1) is 0 Å². The molecule has 4 aliphatic rings. The molecule has 4 aliphatic carbocycles. The van der Waals surface area contributed by atoms with E-state index in [0.29, 0.717) is 11.2 Å². The van der Waals surface area contributed by atoms with Gasteiger partial charge in [0, 0.05) is 6.42 Å². The van der Waals surface area contributed by atoms with Gasteiger partial charge < -0.3 is 0 Å². The first-order chi connectivity index (χ1) is 9.58. The number of carbonyl (C=O) groups excluding carboxylic acids is 1. The van der Waals surface area contributed by atoms with Crippen molar-refractivity contribution in [2.24, 2.45) is 35.0 Å². The van der Waals surface area contributed by atoms with Crippen LogP contribution in [0.15, 0.2) is 11.6 Å². The predicted molar refractivity (Wildman–Crippen MR) is 81.3 cm³/mol. The molecule has 0 amide bonds. The zero-order valence-corrected chi connectivity index (χ0v) is 13.0. The Bertz CT molecular complexity index is 462. The summed E-state index contributed by atoms with van der Waals surface area (Å²) in [5, 5.41) is 0. The van der Waals surface area contributed by atoms with Crippen molar-refractivity contribution in [3.8, 4) is 0 Å². The largest absolute Gasteiger partial charge is 0.295 e. The van der Waals surface area contributed by atoms with Crippen LogP contribution in [-0.2, 0) is 4.79 Å². The molecule has 0 aliphatic heterocycles. The molecule has 3 fully saturated rings. The van der Waals surface area contributed by atoms with Crippen LogP contribution in [0.3, 0.4) is 0 Å². The summed E-state index contributed by atoms with van der Waals surface area (Å²) in [7, 11) is 0. The van der Waals surface area contributed by atoms with Gasteiger partial charge in [0.2, 0.25) is 0 Å². The maximum Gasteiger partial charge on any atom is 0.155 e. The van der Waals surface area contributed by atoms with Gasteiger partial charge >= 0.3 is 0 Å². The van der Waals surface area contributed by atoms with Gasteiger partial charge in [-0.05, 0) is 86.0 Å². The molecule has 0 heterocycles. The minimum Gasteiger partial charge on any atom is -0.295 e. The van der Waals surface area contributed by atoms with E-state index in [-0.39, 0.29) is 0 Å². The molecule has 4 rings (SSSR count). The lowest BCUT2D eigenvalue weighted by atomic mass is 9.51. The summed E-state index contributed by atoms with van der Waals surface area (Å²) < 4.78 is 0. The van der Waals surface area contributed by atoms with Gasteiger partial charge in [0.15, 0.2) is 5.78 Å². The Balaban J connectivity index is 1.65. The van der Waals surface area contributed by atoms with Crippen molar-refractivity contribution in [1.29, 1.82) is 0 Å². The topological polar surface area (TPSA) is 17.1 Å². The van der Waals surface area contributed by atoms with Crippen LogP contribution >= 0.6 is 0 Å². The minimum absolute atomic E-state index is 0.393. The third-order valence-corrected chi connectivity index (χ3v) is 7.46. The quantitative estimate of drug-likeness (QED) is 0.621. The van der Waals surface area contributed by atoms with Crippen molar-refractivity contribution in [3.05, 3.63) is 11.6 Å². The molecule has 0 N–H and O–H groups in total. The molecule has 20 heavy (non-hydrogen) atoms. The number of hydrogen-bond acceptors (Lipinski definition) is 1. The molecule has 1 unspecified atom stereocenters. The summed E-state index contributed by atoms with van der Waals surface area (Å²) in [5.41, 5.74) is 2.17. The van der Waals surface area contributed by atoms with Gasteiger partial charge in [-0.3, -0.25) is 4.79 Å². The summed E-state index contributed by atoms with van der Waals surface area (Å²) in [6, 6.07) is 0. The van der Waals surface area contributed by atoms with Gasteiger partial charge in [0.25, 0.3) is 0 Å². The molecule has 1 nitrogen and oxygen atoms in total. The summed E-state index contributed by atoms with van der Waals surface area (Å²) in [6.45, 7) is 5.08. The number of rotatable bonds is 0. The molecule has 0 bridgehead atoms.